The standard InChI is InChI=1S/C19H19N3O2/c1-22(2)14-10-8-13(9-11-14)20-21-17-12-18(24-3)15-6-4-5-7-16(15)19(17)23/h4-12,23H,1-3H3. The SMILES string of the molecule is COc1cc(N=Nc2ccc(N(C)C)cc2)c(O)c2ccccc12. The van der Waals surface area contributed by atoms with Gasteiger partial charge in [0.1, 0.15) is 11.4 Å². The van der Waals surface area contributed by atoms with Gasteiger partial charge in [-0.05, 0) is 24.3 Å². The van der Waals surface area contributed by atoms with Gasteiger partial charge in [0, 0.05) is 36.6 Å². The van der Waals surface area contributed by atoms with E-state index in [1.165, 1.54) is 0 Å². The monoisotopic (exact) mass is 321 g/mol. The Hall–Kier alpha value is -3.08. The second-order valence-corrected chi connectivity index (χ2v) is 5.60. The predicted octanol–water partition coefficient (Wildman–Crippen LogP) is 5.04. The Morgan fingerprint density at radius 3 is 2.21 bits per heavy atom. The molecule has 3 aromatic carbocycles. The molecule has 0 radical (unpaired) electrons. The van der Waals surface area contributed by atoms with E-state index in [4.69, 9.17) is 4.74 Å². The maximum atomic E-state index is 10.4. The van der Waals surface area contributed by atoms with Crippen LogP contribution < -0.4 is 9.64 Å². The predicted molar refractivity (Wildman–Crippen MR) is 97.1 cm³/mol. The number of rotatable bonds is 4. The van der Waals surface area contributed by atoms with Crippen molar-refractivity contribution in [3.05, 3.63) is 54.6 Å². The Morgan fingerprint density at radius 1 is 0.917 bits per heavy atom. The summed E-state index contributed by atoms with van der Waals surface area (Å²) in [5, 5.41) is 20.4. The van der Waals surface area contributed by atoms with Gasteiger partial charge < -0.3 is 14.7 Å². The van der Waals surface area contributed by atoms with E-state index in [9.17, 15) is 5.11 Å². The van der Waals surface area contributed by atoms with E-state index in [2.05, 4.69) is 10.2 Å². The molecule has 0 atom stereocenters. The van der Waals surface area contributed by atoms with Crippen LogP contribution in [0.1, 0.15) is 0 Å². The van der Waals surface area contributed by atoms with Crippen LogP contribution in [0, 0.1) is 0 Å². The molecule has 0 aromatic heterocycles. The van der Waals surface area contributed by atoms with Crippen LogP contribution >= 0.6 is 0 Å². The molecule has 5 nitrogen and oxygen atoms in total. The third-order valence-electron chi connectivity index (χ3n) is 3.82. The Labute approximate surface area is 140 Å². The van der Waals surface area contributed by atoms with Crippen molar-refractivity contribution in [2.75, 3.05) is 26.1 Å². The van der Waals surface area contributed by atoms with Crippen LogP contribution in [-0.2, 0) is 0 Å². The fourth-order valence-electron chi connectivity index (χ4n) is 2.49. The molecule has 122 valence electrons. The van der Waals surface area contributed by atoms with Gasteiger partial charge in [0.2, 0.25) is 0 Å². The molecule has 0 unspecified atom stereocenters. The first kappa shape index (κ1) is 15.8. The number of ether oxygens (including phenoxy) is 1. The summed E-state index contributed by atoms with van der Waals surface area (Å²) in [7, 11) is 5.56. The number of phenolic OH excluding ortho intramolecular Hbond substituents is 1. The number of aromatic hydroxyl groups is 1. The van der Waals surface area contributed by atoms with Gasteiger partial charge in [-0.3, -0.25) is 0 Å². The molecule has 0 aliphatic rings. The first-order chi connectivity index (χ1) is 11.6. The molecular weight excluding hydrogens is 302 g/mol. The zero-order chi connectivity index (χ0) is 17.1. The third-order valence-corrected chi connectivity index (χ3v) is 3.82. The Kier molecular flexibility index (Phi) is 4.33. The molecular formula is C19H19N3O2. The normalized spacial score (nSPS) is 11.1. The molecule has 0 saturated carbocycles. The zero-order valence-electron chi connectivity index (χ0n) is 13.9. The molecule has 3 aromatic rings. The lowest BCUT2D eigenvalue weighted by atomic mass is 10.1. The fourth-order valence-corrected chi connectivity index (χ4v) is 2.49. The van der Waals surface area contributed by atoms with Gasteiger partial charge in [0.25, 0.3) is 0 Å². The Bertz CT molecular complexity index is 887. The number of methoxy groups -OCH3 is 1. The maximum Gasteiger partial charge on any atom is 0.151 e. The highest BCUT2D eigenvalue weighted by molar-refractivity contribution is 5.97. The van der Waals surface area contributed by atoms with Crippen LogP contribution in [0.15, 0.2) is 64.8 Å². The largest absolute Gasteiger partial charge is 0.505 e. The molecule has 24 heavy (non-hydrogen) atoms. The molecule has 0 saturated heterocycles. The summed E-state index contributed by atoms with van der Waals surface area (Å²) >= 11 is 0. The van der Waals surface area contributed by atoms with Crippen molar-refractivity contribution in [1.82, 2.24) is 0 Å². The van der Waals surface area contributed by atoms with Crippen molar-refractivity contribution in [3.63, 3.8) is 0 Å². The first-order valence-electron chi connectivity index (χ1n) is 7.58. The van der Waals surface area contributed by atoms with Crippen LogP contribution in [0.2, 0.25) is 0 Å². The molecule has 0 aliphatic heterocycles. The number of azo groups is 1. The van der Waals surface area contributed by atoms with Crippen LogP contribution in [0.4, 0.5) is 17.1 Å². The number of anilines is 1. The maximum absolute atomic E-state index is 10.4. The minimum Gasteiger partial charge on any atom is -0.505 e. The summed E-state index contributed by atoms with van der Waals surface area (Å²) in [6, 6.07) is 16.9. The smallest absolute Gasteiger partial charge is 0.151 e. The number of nitrogens with zero attached hydrogens (tertiary/aromatic N) is 3. The Balaban J connectivity index is 1.98. The summed E-state index contributed by atoms with van der Waals surface area (Å²) in [4.78, 5) is 2.01. The molecule has 0 amide bonds. The molecule has 1 N–H and O–H groups in total. The van der Waals surface area contributed by atoms with E-state index in [1.807, 2.05) is 67.5 Å². The van der Waals surface area contributed by atoms with E-state index in [-0.39, 0.29) is 5.75 Å². The van der Waals surface area contributed by atoms with Gasteiger partial charge in [-0.2, -0.15) is 5.11 Å². The van der Waals surface area contributed by atoms with Crippen molar-refractivity contribution >= 4 is 27.8 Å². The zero-order valence-corrected chi connectivity index (χ0v) is 13.9. The molecule has 0 aliphatic carbocycles. The average molecular weight is 321 g/mol. The molecule has 0 spiro atoms. The highest BCUT2D eigenvalue weighted by atomic mass is 16.5. The van der Waals surface area contributed by atoms with Gasteiger partial charge in [-0.1, -0.05) is 24.3 Å². The minimum atomic E-state index is 0.0973. The van der Waals surface area contributed by atoms with Crippen LogP contribution in [0.3, 0.4) is 0 Å². The summed E-state index contributed by atoms with van der Waals surface area (Å²) in [6.07, 6.45) is 0. The van der Waals surface area contributed by atoms with E-state index < -0.39 is 0 Å². The molecule has 5 heteroatoms. The quantitative estimate of drug-likeness (QED) is 0.685. The van der Waals surface area contributed by atoms with Crippen LogP contribution in [0.5, 0.6) is 11.5 Å². The Morgan fingerprint density at radius 2 is 1.58 bits per heavy atom. The lowest BCUT2D eigenvalue weighted by molar-refractivity contribution is 0.418. The van der Waals surface area contributed by atoms with Gasteiger partial charge in [0.15, 0.2) is 5.75 Å². The minimum absolute atomic E-state index is 0.0973. The van der Waals surface area contributed by atoms with Crippen molar-refractivity contribution in [3.8, 4) is 11.5 Å². The highest BCUT2D eigenvalue weighted by Crippen LogP contribution is 2.41. The van der Waals surface area contributed by atoms with Gasteiger partial charge in [-0.15, -0.1) is 5.11 Å². The van der Waals surface area contributed by atoms with E-state index in [0.717, 1.165) is 11.1 Å². The number of hydrogen-bond acceptors (Lipinski definition) is 5. The van der Waals surface area contributed by atoms with Gasteiger partial charge in [0.05, 0.1) is 12.8 Å². The lowest BCUT2D eigenvalue weighted by Gasteiger charge is -2.11. The van der Waals surface area contributed by atoms with Crippen molar-refractivity contribution in [1.29, 1.82) is 0 Å². The topological polar surface area (TPSA) is 57.4 Å². The van der Waals surface area contributed by atoms with Crippen molar-refractivity contribution in [2.45, 2.75) is 0 Å². The van der Waals surface area contributed by atoms with E-state index >= 15 is 0 Å². The van der Waals surface area contributed by atoms with Gasteiger partial charge >= 0.3 is 0 Å². The third kappa shape index (κ3) is 3.01. The number of benzene rings is 3. The van der Waals surface area contributed by atoms with Gasteiger partial charge in [-0.25, -0.2) is 0 Å². The second-order valence-electron chi connectivity index (χ2n) is 5.60. The summed E-state index contributed by atoms with van der Waals surface area (Å²) in [5.41, 5.74) is 2.18. The van der Waals surface area contributed by atoms with Crippen LogP contribution in [-0.4, -0.2) is 26.3 Å². The first-order valence-corrected chi connectivity index (χ1v) is 7.58. The van der Waals surface area contributed by atoms with Crippen molar-refractivity contribution < 1.29 is 9.84 Å². The average Bonchev–Trinajstić information content (AvgIpc) is 2.61. The fraction of sp³-hybridized carbons (Fsp3) is 0.158. The second kappa shape index (κ2) is 6.58. The molecule has 0 fully saturated rings. The van der Waals surface area contributed by atoms with E-state index in [0.29, 0.717) is 22.5 Å². The molecule has 3 rings (SSSR count). The summed E-state index contributed by atoms with van der Waals surface area (Å²) in [5.74, 6) is 0.750. The van der Waals surface area contributed by atoms with E-state index in [1.54, 1.807) is 13.2 Å². The molecule has 0 heterocycles. The summed E-state index contributed by atoms with van der Waals surface area (Å²) < 4.78 is 5.40. The van der Waals surface area contributed by atoms with Crippen LogP contribution in [0.25, 0.3) is 10.8 Å². The highest BCUT2D eigenvalue weighted by Gasteiger charge is 2.11. The number of fused-ring (bicyclic) bond motifs is 1. The summed E-state index contributed by atoms with van der Waals surface area (Å²) in [6.45, 7) is 0. The molecule has 0 bridgehead atoms. The number of hydrogen-bond donors (Lipinski definition) is 1. The number of phenols is 1. The lowest BCUT2D eigenvalue weighted by Crippen LogP contribution is -2.07. The van der Waals surface area contributed by atoms with Crippen molar-refractivity contribution in [2.24, 2.45) is 10.2 Å².